The maximum absolute atomic E-state index is 12.8. The van der Waals surface area contributed by atoms with Crippen LogP contribution in [0.1, 0.15) is 380 Å². The molecule has 0 saturated carbocycles. The fourth-order valence-corrected chi connectivity index (χ4v) is 10.3. The molecule has 0 aliphatic carbocycles. The van der Waals surface area contributed by atoms with Crippen LogP contribution in [-0.2, 0) is 28.6 Å². The molecule has 0 heterocycles. The van der Waals surface area contributed by atoms with Crippen molar-refractivity contribution < 1.29 is 28.6 Å². The van der Waals surface area contributed by atoms with Crippen molar-refractivity contribution >= 4 is 17.9 Å². The van der Waals surface area contributed by atoms with Crippen LogP contribution < -0.4 is 0 Å². The van der Waals surface area contributed by atoms with E-state index in [4.69, 9.17) is 14.2 Å². The number of unbranched alkanes of at least 4 members (excludes halogenated alkanes) is 49. The molecule has 0 aliphatic rings. The lowest BCUT2D eigenvalue weighted by molar-refractivity contribution is -0.167. The number of hydrogen-bond donors (Lipinski definition) is 0. The molecular weight excluding hydrogens is 901 g/mol. The quantitative estimate of drug-likeness (QED) is 0.0261. The van der Waals surface area contributed by atoms with E-state index < -0.39 is 6.10 Å². The van der Waals surface area contributed by atoms with Gasteiger partial charge in [0.25, 0.3) is 0 Å². The third kappa shape index (κ3) is 60.9. The monoisotopic (exact) mass is 1030 g/mol. The van der Waals surface area contributed by atoms with E-state index in [1.165, 1.54) is 283 Å². The Morgan fingerprint density at radius 1 is 0.260 bits per heavy atom. The van der Waals surface area contributed by atoms with E-state index in [-0.39, 0.29) is 31.1 Å². The second kappa shape index (κ2) is 62.7. The lowest BCUT2D eigenvalue weighted by Gasteiger charge is -2.18. The first kappa shape index (κ1) is 71.2. The molecule has 0 N–H and O–H groups in total. The molecule has 0 aliphatic heterocycles. The third-order valence-electron chi connectivity index (χ3n) is 15.3. The van der Waals surface area contributed by atoms with Crippen LogP contribution >= 0.6 is 0 Å². The topological polar surface area (TPSA) is 78.9 Å². The highest BCUT2D eigenvalue weighted by Gasteiger charge is 2.19. The molecule has 73 heavy (non-hydrogen) atoms. The summed E-state index contributed by atoms with van der Waals surface area (Å²) in [4.78, 5) is 38.1. The summed E-state index contributed by atoms with van der Waals surface area (Å²) < 4.78 is 16.9. The number of allylic oxidation sites excluding steroid dienone is 2. The standard InChI is InChI=1S/C67H128O6/c1-4-7-10-13-16-19-21-23-25-27-28-29-30-31-32-33-34-35-36-37-38-39-41-42-44-46-48-51-54-57-60-66(69)72-63-64(62-71-65(68)59-56-53-50-18-15-12-9-6-3)73-67(70)61-58-55-52-49-47-45-43-40-26-24-22-20-17-14-11-8-5-2/h24,26,64H,4-23,25,27-63H2,1-3H3/b26-24-. The molecular formula is C67H128O6. The van der Waals surface area contributed by atoms with E-state index in [1.807, 2.05) is 0 Å². The molecule has 0 spiro atoms. The summed E-state index contributed by atoms with van der Waals surface area (Å²) in [5, 5.41) is 0. The second-order valence-electron chi connectivity index (χ2n) is 22.7. The Balaban J connectivity index is 4.01. The van der Waals surface area contributed by atoms with E-state index in [0.29, 0.717) is 19.3 Å². The number of esters is 3. The Bertz CT molecular complexity index is 1130. The number of ether oxygens (including phenoxy) is 3. The Labute approximate surface area is 456 Å². The lowest BCUT2D eigenvalue weighted by atomic mass is 10.0. The van der Waals surface area contributed by atoms with Gasteiger partial charge in [0, 0.05) is 19.3 Å². The molecule has 0 saturated heterocycles. The van der Waals surface area contributed by atoms with Gasteiger partial charge >= 0.3 is 17.9 Å². The van der Waals surface area contributed by atoms with Crippen LogP contribution in [0.5, 0.6) is 0 Å². The van der Waals surface area contributed by atoms with Crippen molar-refractivity contribution in [2.75, 3.05) is 13.2 Å². The normalized spacial score (nSPS) is 12.0. The zero-order valence-corrected chi connectivity index (χ0v) is 49.7. The second-order valence-corrected chi connectivity index (χ2v) is 22.7. The van der Waals surface area contributed by atoms with Gasteiger partial charge < -0.3 is 14.2 Å². The lowest BCUT2D eigenvalue weighted by Crippen LogP contribution is -2.30. The van der Waals surface area contributed by atoms with Crippen molar-refractivity contribution in [3.05, 3.63) is 12.2 Å². The first-order valence-electron chi connectivity index (χ1n) is 33.2. The molecule has 0 radical (unpaired) electrons. The largest absolute Gasteiger partial charge is 0.462 e. The molecule has 0 rings (SSSR count). The molecule has 0 fully saturated rings. The zero-order chi connectivity index (χ0) is 52.9. The highest BCUT2D eigenvalue weighted by atomic mass is 16.6. The van der Waals surface area contributed by atoms with Gasteiger partial charge in [-0.15, -0.1) is 0 Å². The molecule has 1 unspecified atom stereocenters. The Hall–Kier alpha value is -1.85. The summed E-state index contributed by atoms with van der Waals surface area (Å²) >= 11 is 0. The summed E-state index contributed by atoms with van der Waals surface area (Å²) in [6.07, 6.45) is 74.0. The molecule has 0 amide bonds. The Morgan fingerprint density at radius 2 is 0.452 bits per heavy atom. The number of hydrogen-bond acceptors (Lipinski definition) is 6. The van der Waals surface area contributed by atoms with Crippen LogP contribution in [0.3, 0.4) is 0 Å². The number of carbonyl (C=O) groups is 3. The van der Waals surface area contributed by atoms with Crippen LogP contribution in [0.15, 0.2) is 12.2 Å². The highest BCUT2D eigenvalue weighted by Crippen LogP contribution is 2.18. The summed E-state index contributed by atoms with van der Waals surface area (Å²) in [6, 6.07) is 0. The average molecular weight is 1030 g/mol. The van der Waals surface area contributed by atoms with Crippen molar-refractivity contribution in [2.45, 2.75) is 386 Å². The zero-order valence-electron chi connectivity index (χ0n) is 49.7. The molecule has 432 valence electrons. The minimum atomic E-state index is -0.766. The number of carbonyl (C=O) groups excluding carboxylic acids is 3. The maximum atomic E-state index is 12.8. The van der Waals surface area contributed by atoms with E-state index in [1.54, 1.807) is 0 Å². The average Bonchev–Trinajstić information content (AvgIpc) is 3.39. The summed E-state index contributed by atoms with van der Waals surface area (Å²) in [6.45, 7) is 6.67. The van der Waals surface area contributed by atoms with Crippen molar-refractivity contribution in [1.82, 2.24) is 0 Å². The van der Waals surface area contributed by atoms with Gasteiger partial charge in [-0.2, -0.15) is 0 Å². The first-order chi connectivity index (χ1) is 36.0. The fourth-order valence-electron chi connectivity index (χ4n) is 10.3. The third-order valence-corrected chi connectivity index (χ3v) is 15.3. The summed E-state index contributed by atoms with van der Waals surface area (Å²) in [5.74, 6) is -0.849. The van der Waals surface area contributed by atoms with Gasteiger partial charge in [-0.05, 0) is 44.9 Å². The van der Waals surface area contributed by atoms with Crippen LogP contribution in [0, 0.1) is 0 Å². The predicted molar refractivity (Wildman–Crippen MR) is 317 cm³/mol. The highest BCUT2D eigenvalue weighted by molar-refractivity contribution is 5.71. The van der Waals surface area contributed by atoms with Crippen molar-refractivity contribution in [1.29, 1.82) is 0 Å². The van der Waals surface area contributed by atoms with E-state index in [2.05, 4.69) is 32.9 Å². The first-order valence-corrected chi connectivity index (χ1v) is 33.2. The van der Waals surface area contributed by atoms with Gasteiger partial charge in [0.2, 0.25) is 0 Å². The van der Waals surface area contributed by atoms with E-state index >= 15 is 0 Å². The van der Waals surface area contributed by atoms with E-state index in [0.717, 1.165) is 57.8 Å². The van der Waals surface area contributed by atoms with E-state index in [9.17, 15) is 14.4 Å². The molecule has 6 nitrogen and oxygen atoms in total. The van der Waals surface area contributed by atoms with Gasteiger partial charge in [0.05, 0.1) is 0 Å². The Morgan fingerprint density at radius 3 is 0.685 bits per heavy atom. The Kier molecular flexibility index (Phi) is 61.1. The summed E-state index contributed by atoms with van der Waals surface area (Å²) in [7, 11) is 0. The number of rotatable bonds is 62. The molecule has 0 aromatic rings. The van der Waals surface area contributed by atoms with Crippen LogP contribution in [-0.4, -0.2) is 37.2 Å². The van der Waals surface area contributed by atoms with Crippen molar-refractivity contribution in [3.8, 4) is 0 Å². The smallest absolute Gasteiger partial charge is 0.306 e. The van der Waals surface area contributed by atoms with Gasteiger partial charge in [-0.1, -0.05) is 328 Å². The van der Waals surface area contributed by atoms with Crippen LogP contribution in [0.25, 0.3) is 0 Å². The molecule has 1 atom stereocenters. The maximum Gasteiger partial charge on any atom is 0.306 e. The van der Waals surface area contributed by atoms with Gasteiger partial charge in [0.1, 0.15) is 13.2 Å². The predicted octanol–water partition coefficient (Wildman–Crippen LogP) is 22.4. The van der Waals surface area contributed by atoms with Crippen LogP contribution in [0.4, 0.5) is 0 Å². The minimum absolute atomic E-state index is 0.0660. The summed E-state index contributed by atoms with van der Waals surface area (Å²) in [5.41, 5.74) is 0. The van der Waals surface area contributed by atoms with Crippen molar-refractivity contribution in [2.24, 2.45) is 0 Å². The van der Waals surface area contributed by atoms with Gasteiger partial charge in [-0.25, -0.2) is 0 Å². The molecule has 0 aromatic heterocycles. The fraction of sp³-hybridized carbons (Fsp3) is 0.925. The SMILES string of the molecule is CCCCCCCC/C=C\CCCCCCCCCC(=O)OC(COC(=O)CCCCCCCCCC)COC(=O)CCCCCCCCCCCCCCCCCCCCCCCCCCCCCCCC. The van der Waals surface area contributed by atoms with Crippen LogP contribution in [0.2, 0.25) is 0 Å². The van der Waals surface area contributed by atoms with Crippen molar-refractivity contribution in [3.63, 3.8) is 0 Å². The molecule has 6 heteroatoms. The van der Waals surface area contributed by atoms with Gasteiger partial charge in [-0.3, -0.25) is 14.4 Å². The van der Waals surface area contributed by atoms with Gasteiger partial charge in [0.15, 0.2) is 6.10 Å². The minimum Gasteiger partial charge on any atom is -0.462 e. The molecule has 0 bridgehead atoms. The molecule has 0 aromatic carbocycles.